The number of benzene rings is 1. The Balaban J connectivity index is 2.30. The molecule has 0 aromatic heterocycles. The molecule has 82 valence electrons. The number of rotatable bonds is 1. The summed E-state index contributed by atoms with van der Waals surface area (Å²) in [5.41, 5.74) is 0.105. The molecule has 0 bridgehead atoms. The van der Waals surface area contributed by atoms with E-state index >= 15 is 0 Å². The summed E-state index contributed by atoms with van der Waals surface area (Å²) in [4.78, 5) is 0. The highest BCUT2D eigenvalue weighted by atomic mass is 19.2. The van der Waals surface area contributed by atoms with Crippen LogP contribution >= 0.6 is 0 Å². The number of halogens is 3. The molecule has 2 rings (SSSR count). The van der Waals surface area contributed by atoms with E-state index in [0.717, 1.165) is 6.07 Å². The molecule has 1 aromatic carbocycles. The third-order valence-corrected chi connectivity index (χ3v) is 2.34. The molecule has 0 radical (unpaired) electrons. The summed E-state index contributed by atoms with van der Waals surface area (Å²) in [6.07, 6.45) is 0. The van der Waals surface area contributed by atoms with Gasteiger partial charge in [-0.1, -0.05) is 0 Å². The van der Waals surface area contributed by atoms with Gasteiger partial charge in [0.2, 0.25) is 0 Å². The summed E-state index contributed by atoms with van der Waals surface area (Å²) >= 11 is 0. The summed E-state index contributed by atoms with van der Waals surface area (Å²) in [5.74, 6) is -2.97. The Labute approximate surface area is 85.0 Å². The first-order valence-electron chi connectivity index (χ1n) is 4.64. The molecule has 1 N–H and O–H groups in total. The molecule has 2 nitrogen and oxygen atoms in total. The van der Waals surface area contributed by atoms with E-state index in [1.807, 2.05) is 0 Å². The largest absolute Gasteiger partial charge is 0.378 e. The highest BCUT2D eigenvalue weighted by Gasteiger charge is 2.20. The Morgan fingerprint density at radius 1 is 1.13 bits per heavy atom. The Hall–Kier alpha value is -1.07. The lowest BCUT2D eigenvalue weighted by atomic mass is 10.1. The van der Waals surface area contributed by atoms with Gasteiger partial charge in [0.1, 0.15) is 5.82 Å². The summed E-state index contributed by atoms with van der Waals surface area (Å²) in [7, 11) is 0. The summed E-state index contributed by atoms with van der Waals surface area (Å²) in [5, 5.41) is 2.97. The average molecular weight is 217 g/mol. The third kappa shape index (κ3) is 2.13. The van der Waals surface area contributed by atoms with Crippen LogP contribution in [0.4, 0.5) is 13.2 Å². The SMILES string of the molecule is Fc1cc(F)c(C2COCCN2)cc1F. The van der Waals surface area contributed by atoms with Gasteiger partial charge in [-0.05, 0) is 6.07 Å². The second-order valence-electron chi connectivity index (χ2n) is 3.37. The molecule has 1 aliphatic heterocycles. The first-order valence-corrected chi connectivity index (χ1v) is 4.64. The van der Waals surface area contributed by atoms with Crippen LogP contribution in [0.2, 0.25) is 0 Å². The van der Waals surface area contributed by atoms with E-state index in [1.165, 1.54) is 0 Å². The molecule has 1 fully saturated rings. The number of nitrogens with one attached hydrogen (secondary N) is 1. The van der Waals surface area contributed by atoms with Crippen molar-refractivity contribution in [3.05, 3.63) is 35.1 Å². The quantitative estimate of drug-likeness (QED) is 0.724. The van der Waals surface area contributed by atoms with Crippen LogP contribution in [0.15, 0.2) is 12.1 Å². The molecule has 15 heavy (non-hydrogen) atoms. The van der Waals surface area contributed by atoms with Crippen LogP contribution in [-0.4, -0.2) is 19.8 Å². The van der Waals surface area contributed by atoms with E-state index < -0.39 is 23.5 Å². The van der Waals surface area contributed by atoms with Crippen molar-refractivity contribution in [2.75, 3.05) is 19.8 Å². The fraction of sp³-hybridized carbons (Fsp3) is 0.400. The molecule has 5 heteroatoms. The van der Waals surface area contributed by atoms with Gasteiger partial charge in [0.05, 0.1) is 19.3 Å². The van der Waals surface area contributed by atoms with E-state index in [2.05, 4.69) is 5.32 Å². The predicted molar refractivity (Wildman–Crippen MR) is 47.9 cm³/mol. The van der Waals surface area contributed by atoms with Crippen LogP contribution in [0, 0.1) is 17.5 Å². The first kappa shape index (κ1) is 10.4. The van der Waals surface area contributed by atoms with Gasteiger partial charge in [0.15, 0.2) is 11.6 Å². The molecule has 1 unspecified atom stereocenters. The van der Waals surface area contributed by atoms with Crippen molar-refractivity contribution in [3.63, 3.8) is 0 Å². The zero-order chi connectivity index (χ0) is 10.8. The van der Waals surface area contributed by atoms with Crippen LogP contribution in [0.25, 0.3) is 0 Å². The lowest BCUT2D eigenvalue weighted by Crippen LogP contribution is -2.35. The van der Waals surface area contributed by atoms with Gasteiger partial charge in [-0.2, -0.15) is 0 Å². The van der Waals surface area contributed by atoms with E-state index in [1.54, 1.807) is 0 Å². The molecule has 1 aromatic rings. The maximum Gasteiger partial charge on any atom is 0.161 e. The molecule has 1 heterocycles. The van der Waals surface area contributed by atoms with Crippen LogP contribution < -0.4 is 5.32 Å². The summed E-state index contributed by atoms with van der Waals surface area (Å²) in [6, 6.07) is 1.02. The second-order valence-corrected chi connectivity index (χ2v) is 3.37. The van der Waals surface area contributed by atoms with Crippen molar-refractivity contribution in [3.8, 4) is 0 Å². The van der Waals surface area contributed by atoms with E-state index in [9.17, 15) is 13.2 Å². The monoisotopic (exact) mass is 217 g/mol. The third-order valence-electron chi connectivity index (χ3n) is 2.34. The minimum atomic E-state index is -1.17. The average Bonchev–Trinajstić information content (AvgIpc) is 2.25. The second kappa shape index (κ2) is 4.20. The van der Waals surface area contributed by atoms with E-state index in [4.69, 9.17) is 4.74 Å². The minimum absolute atomic E-state index is 0.105. The number of morpholine rings is 1. The Bertz CT molecular complexity index is 364. The maximum atomic E-state index is 13.3. The van der Waals surface area contributed by atoms with Crippen molar-refractivity contribution in [2.24, 2.45) is 0 Å². The van der Waals surface area contributed by atoms with Gasteiger partial charge >= 0.3 is 0 Å². The minimum Gasteiger partial charge on any atom is -0.378 e. The van der Waals surface area contributed by atoms with Crippen LogP contribution in [0.1, 0.15) is 11.6 Å². The number of hydrogen-bond donors (Lipinski definition) is 1. The predicted octanol–water partition coefficient (Wildman–Crippen LogP) is 1.76. The fourth-order valence-electron chi connectivity index (χ4n) is 1.57. The molecule has 0 saturated carbocycles. The Morgan fingerprint density at radius 2 is 1.87 bits per heavy atom. The zero-order valence-electron chi connectivity index (χ0n) is 7.90. The van der Waals surface area contributed by atoms with Crippen molar-refractivity contribution in [2.45, 2.75) is 6.04 Å². The Morgan fingerprint density at radius 3 is 2.53 bits per heavy atom. The van der Waals surface area contributed by atoms with Crippen molar-refractivity contribution in [1.29, 1.82) is 0 Å². The highest BCUT2D eigenvalue weighted by molar-refractivity contribution is 5.23. The van der Waals surface area contributed by atoms with Gasteiger partial charge in [-0.3, -0.25) is 0 Å². The normalized spacial score (nSPS) is 21.7. The van der Waals surface area contributed by atoms with Crippen molar-refractivity contribution >= 4 is 0 Å². The molecule has 1 saturated heterocycles. The number of hydrogen-bond acceptors (Lipinski definition) is 2. The standard InChI is InChI=1S/C10H10F3NO/c11-7-4-9(13)8(12)3-6(7)10-5-15-2-1-14-10/h3-4,10,14H,1-2,5H2. The van der Waals surface area contributed by atoms with Crippen LogP contribution in [-0.2, 0) is 4.74 Å². The molecule has 1 aliphatic rings. The van der Waals surface area contributed by atoms with E-state index in [0.29, 0.717) is 19.2 Å². The molecule has 1 atom stereocenters. The number of ether oxygens (including phenoxy) is 1. The smallest absolute Gasteiger partial charge is 0.161 e. The molecule has 0 amide bonds. The maximum absolute atomic E-state index is 13.3. The lowest BCUT2D eigenvalue weighted by Gasteiger charge is -2.24. The van der Waals surface area contributed by atoms with Gasteiger partial charge in [0, 0.05) is 18.2 Å². The summed E-state index contributed by atoms with van der Waals surface area (Å²) in [6.45, 7) is 1.38. The van der Waals surface area contributed by atoms with Gasteiger partial charge in [0.25, 0.3) is 0 Å². The topological polar surface area (TPSA) is 21.3 Å². The molecule has 0 aliphatic carbocycles. The summed E-state index contributed by atoms with van der Waals surface area (Å²) < 4.78 is 44.0. The van der Waals surface area contributed by atoms with Gasteiger partial charge in [-0.25, -0.2) is 13.2 Å². The van der Waals surface area contributed by atoms with Gasteiger partial charge < -0.3 is 10.1 Å². The molecular weight excluding hydrogens is 207 g/mol. The lowest BCUT2D eigenvalue weighted by molar-refractivity contribution is 0.0756. The van der Waals surface area contributed by atoms with E-state index in [-0.39, 0.29) is 12.2 Å². The van der Waals surface area contributed by atoms with Crippen LogP contribution in [0.5, 0.6) is 0 Å². The van der Waals surface area contributed by atoms with Crippen molar-refractivity contribution < 1.29 is 17.9 Å². The fourth-order valence-corrected chi connectivity index (χ4v) is 1.57. The first-order chi connectivity index (χ1) is 7.18. The van der Waals surface area contributed by atoms with Gasteiger partial charge in [-0.15, -0.1) is 0 Å². The highest BCUT2D eigenvalue weighted by Crippen LogP contribution is 2.21. The van der Waals surface area contributed by atoms with Crippen LogP contribution in [0.3, 0.4) is 0 Å². The molecular formula is C10H10F3NO. The molecule has 0 spiro atoms. The van der Waals surface area contributed by atoms with Crippen molar-refractivity contribution in [1.82, 2.24) is 5.32 Å². The Kier molecular flexibility index (Phi) is 2.93. The zero-order valence-corrected chi connectivity index (χ0v) is 7.90.